The van der Waals surface area contributed by atoms with Crippen LogP contribution in [0, 0.1) is 18.3 Å². The lowest BCUT2D eigenvalue weighted by Crippen LogP contribution is -2.05. The van der Waals surface area contributed by atoms with Gasteiger partial charge < -0.3 is 15.0 Å². The number of nitrogens with two attached hydrogens (primary N) is 1. The number of methoxy groups -OCH3 is 1. The number of nitrogens with zero attached hydrogens (tertiary/aromatic N) is 2. The molecule has 2 N–H and O–H groups in total. The van der Waals surface area contributed by atoms with Crippen LogP contribution in [-0.4, -0.2) is 17.6 Å². The second kappa shape index (κ2) is 6.31. The van der Waals surface area contributed by atoms with Gasteiger partial charge >= 0.3 is 5.97 Å². The van der Waals surface area contributed by atoms with E-state index in [0.717, 1.165) is 22.2 Å². The number of carbonyl (C=O) groups excluding carboxylic acids is 1. The van der Waals surface area contributed by atoms with E-state index in [1.54, 1.807) is 0 Å². The van der Waals surface area contributed by atoms with Gasteiger partial charge in [-0.15, -0.1) is 0 Å². The summed E-state index contributed by atoms with van der Waals surface area (Å²) in [6.07, 6.45) is 1.41. The van der Waals surface area contributed by atoms with Crippen LogP contribution in [0.15, 0.2) is 18.2 Å². The number of nitriles is 1. The van der Waals surface area contributed by atoms with Crippen molar-refractivity contribution in [3.63, 3.8) is 0 Å². The Morgan fingerprint density at radius 1 is 1.48 bits per heavy atom. The monoisotopic (exact) mass is 285 g/mol. The summed E-state index contributed by atoms with van der Waals surface area (Å²) >= 11 is 0. The van der Waals surface area contributed by atoms with Gasteiger partial charge in [0.2, 0.25) is 0 Å². The maximum absolute atomic E-state index is 11.2. The maximum Gasteiger partial charge on any atom is 0.305 e. The van der Waals surface area contributed by atoms with Crippen LogP contribution in [0.3, 0.4) is 0 Å². The summed E-state index contributed by atoms with van der Waals surface area (Å²) in [5.41, 5.74) is 9.79. The van der Waals surface area contributed by atoms with Gasteiger partial charge in [0.05, 0.1) is 25.1 Å². The maximum atomic E-state index is 11.2. The Balaban J connectivity index is 2.39. The van der Waals surface area contributed by atoms with Crippen LogP contribution >= 0.6 is 0 Å². The Bertz CT molecular complexity index is 710. The minimum Gasteiger partial charge on any atom is -0.469 e. The number of hydrogen-bond acceptors (Lipinski definition) is 4. The third kappa shape index (κ3) is 2.84. The fourth-order valence-electron chi connectivity index (χ4n) is 2.70. The zero-order valence-corrected chi connectivity index (χ0v) is 12.3. The molecule has 0 radical (unpaired) electrons. The van der Waals surface area contributed by atoms with E-state index in [2.05, 4.69) is 15.4 Å². The summed E-state index contributed by atoms with van der Waals surface area (Å²) in [6.45, 7) is 2.69. The van der Waals surface area contributed by atoms with E-state index in [-0.39, 0.29) is 5.97 Å². The molecule has 2 rings (SSSR count). The Kier molecular flexibility index (Phi) is 4.49. The summed E-state index contributed by atoms with van der Waals surface area (Å²) < 4.78 is 6.78. The number of esters is 1. The second-order valence-electron chi connectivity index (χ2n) is 4.97. The lowest BCUT2D eigenvalue weighted by atomic mass is 10.1. The minimum atomic E-state index is -0.208. The Morgan fingerprint density at radius 2 is 2.24 bits per heavy atom. The molecule has 5 nitrogen and oxygen atoms in total. The number of ether oxygens (including phenoxy) is 1. The van der Waals surface area contributed by atoms with E-state index >= 15 is 0 Å². The Hall–Kier alpha value is -2.48. The molecule has 0 atom stereocenters. The van der Waals surface area contributed by atoms with Crippen molar-refractivity contribution in [3.05, 3.63) is 29.5 Å². The molecule has 0 aliphatic rings. The quantitative estimate of drug-likeness (QED) is 0.676. The van der Waals surface area contributed by atoms with E-state index in [0.29, 0.717) is 31.5 Å². The number of nitrogen functional groups attached to an aromatic ring is 1. The molecule has 0 unspecified atom stereocenters. The van der Waals surface area contributed by atoms with Crippen molar-refractivity contribution >= 4 is 22.6 Å². The van der Waals surface area contributed by atoms with Crippen molar-refractivity contribution in [2.24, 2.45) is 0 Å². The smallest absolute Gasteiger partial charge is 0.305 e. The van der Waals surface area contributed by atoms with Gasteiger partial charge in [0.25, 0.3) is 0 Å². The number of fused-ring (bicyclic) bond motifs is 1. The second-order valence-corrected chi connectivity index (χ2v) is 4.97. The zero-order valence-electron chi connectivity index (χ0n) is 12.3. The topological polar surface area (TPSA) is 81.0 Å². The van der Waals surface area contributed by atoms with Crippen LogP contribution in [0.5, 0.6) is 0 Å². The predicted molar refractivity (Wildman–Crippen MR) is 81.7 cm³/mol. The number of aromatic nitrogens is 1. The highest BCUT2D eigenvalue weighted by Crippen LogP contribution is 2.31. The van der Waals surface area contributed by atoms with Crippen LogP contribution < -0.4 is 5.73 Å². The number of hydrogen-bond donors (Lipinski definition) is 1. The van der Waals surface area contributed by atoms with Crippen molar-refractivity contribution in [3.8, 4) is 6.07 Å². The van der Waals surface area contributed by atoms with Gasteiger partial charge in [0, 0.05) is 29.7 Å². The fourth-order valence-corrected chi connectivity index (χ4v) is 2.70. The summed E-state index contributed by atoms with van der Waals surface area (Å²) in [5, 5.41) is 9.98. The molecule has 2 aromatic rings. The molecule has 0 saturated carbocycles. The molecule has 1 aromatic heterocycles. The standard InChI is InChI=1S/C16H19N3O2/c1-11-12(8-9-17)16-13(18)5-3-6-14(16)19(11)10-4-7-15(20)21-2/h3,5-6H,4,7-8,10,18H2,1-2H3. The molecule has 0 bridgehead atoms. The van der Waals surface area contributed by atoms with E-state index in [1.165, 1.54) is 7.11 Å². The van der Waals surface area contributed by atoms with Gasteiger partial charge in [0.1, 0.15) is 0 Å². The first-order valence-electron chi connectivity index (χ1n) is 6.90. The van der Waals surface area contributed by atoms with Crippen molar-refractivity contribution < 1.29 is 9.53 Å². The third-order valence-corrected chi connectivity index (χ3v) is 3.76. The Labute approximate surface area is 123 Å². The Morgan fingerprint density at radius 3 is 2.90 bits per heavy atom. The van der Waals surface area contributed by atoms with Crippen molar-refractivity contribution in [1.29, 1.82) is 5.26 Å². The fraction of sp³-hybridized carbons (Fsp3) is 0.375. The molecule has 5 heteroatoms. The highest BCUT2D eigenvalue weighted by molar-refractivity contribution is 5.95. The number of carbonyl (C=O) groups is 1. The van der Waals surface area contributed by atoms with Gasteiger partial charge in [-0.2, -0.15) is 5.26 Å². The highest BCUT2D eigenvalue weighted by Gasteiger charge is 2.15. The lowest BCUT2D eigenvalue weighted by Gasteiger charge is -2.08. The van der Waals surface area contributed by atoms with Crippen molar-refractivity contribution in [1.82, 2.24) is 4.57 Å². The van der Waals surface area contributed by atoms with E-state index < -0.39 is 0 Å². The van der Waals surface area contributed by atoms with E-state index in [1.807, 2.05) is 25.1 Å². The largest absolute Gasteiger partial charge is 0.469 e. The van der Waals surface area contributed by atoms with Crippen LogP contribution in [0.2, 0.25) is 0 Å². The molecule has 0 amide bonds. The number of benzene rings is 1. The van der Waals surface area contributed by atoms with Crippen LogP contribution in [0.4, 0.5) is 5.69 Å². The first-order valence-corrected chi connectivity index (χ1v) is 6.90. The zero-order chi connectivity index (χ0) is 15.4. The van der Waals surface area contributed by atoms with Gasteiger partial charge in [0.15, 0.2) is 0 Å². The molecule has 1 aromatic carbocycles. The molecule has 1 heterocycles. The van der Waals surface area contributed by atoms with Crippen molar-refractivity contribution in [2.45, 2.75) is 32.7 Å². The minimum absolute atomic E-state index is 0.208. The first kappa shape index (κ1) is 14.9. The third-order valence-electron chi connectivity index (χ3n) is 3.76. The molecule has 110 valence electrons. The van der Waals surface area contributed by atoms with Gasteiger partial charge in [-0.3, -0.25) is 4.79 Å². The molecule has 0 aliphatic heterocycles. The number of aryl methyl sites for hydroxylation is 1. The molecular formula is C16H19N3O2. The lowest BCUT2D eigenvalue weighted by molar-refractivity contribution is -0.140. The molecule has 0 fully saturated rings. The molecule has 0 spiro atoms. The average molecular weight is 285 g/mol. The van der Waals surface area contributed by atoms with E-state index in [9.17, 15) is 4.79 Å². The number of rotatable bonds is 5. The average Bonchev–Trinajstić information content (AvgIpc) is 2.74. The predicted octanol–water partition coefficient (Wildman–Crippen LogP) is 2.55. The molecule has 0 saturated heterocycles. The van der Waals surface area contributed by atoms with Crippen LogP contribution in [-0.2, 0) is 22.5 Å². The summed E-state index contributed by atoms with van der Waals surface area (Å²) in [6, 6.07) is 7.95. The number of anilines is 1. The van der Waals surface area contributed by atoms with Crippen molar-refractivity contribution in [2.75, 3.05) is 12.8 Å². The van der Waals surface area contributed by atoms with Gasteiger partial charge in [-0.25, -0.2) is 0 Å². The summed E-state index contributed by atoms with van der Waals surface area (Å²) in [4.78, 5) is 11.2. The molecule has 0 aliphatic carbocycles. The molecule has 21 heavy (non-hydrogen) atoms. The SMILES string of the molecule is COC(=O)CCCn1c(C)c(CC#N)c2c(N)cccc21. The summed E-state index contributed by atoms with van der Waals surface area (Å²) in [5.74, 6) is -0.208. The molecular weight excluding hydrogens is 266 g/mol. The normalized spacial score (nSPS) is 10.5. The van der Waals surface area contributed by atoms with Crippen LogP contribution in [0.1, 0.15) is 24.1 Å². The van der Waals surface area contributed by atoms with E-state index in [4.69, 9.17) is 11.0 Å². The van der Waals surface area contributed by atoms with Gasteiger partial charge in [-0.05, 0) is 31.0 Å². The highest BCUT2D eigenvalue weighted by atomic mass is 16.5. The first-order chi connectivity index (χ1) is 10.1. The van der Waals surface area contributed by atoms with Crippen LogP contribution in [0.25, 0.3) is 10.9 Å². The summed E-state index contributed by atoms with van der Waals surface area (Å²) in [7, 11) is 1.39. The van der Waals surface area contributed by atoms with Gasteiger partial charge in [-0.1, -0.05) is 6.07 Å².